The van der Waals surface area contributed by atoms with Crippen molar-refractivity contribution in [3.63, 3.8) is 0 Å². The number of hydrazone groups is 1. The van der Waals surface area contributed by atoms with Gasteiger partial charge in [-0.2, -0.15) is 5.10 Å². The van der Waals surface area contributed by atoms with Gasteiger partial charge in [0.1, 0.15) is 5.75 Å². The minimum atomic E-state index is 0.648. The zero-order chi connectivity index (χ0) is 13.4. The summed E-state index contributed by atoms with van der Waals surface area (Å²) in [6.45, 7) is 4.02. The molecule has 4 nitrogen and oxygen atoms in total. The van der Waals surface area contributed by atoms with Crippen LogP contribution in [-0.2, 0) is 6.42 Å². The molecule has 0 fully saturated rings. The highest BCUT2D eigenvalue weighted by Gasteiger charge is 2.10. The van der Waals surface area contributed by atoms with Gasteiger partial charge in [0.05, 0.1) is 6.61 Å². The summed E-state index contributed by atoms with van der Waals surface area (Å²) in [6, 6.07) is 6.20. The van der Waals surface area contributed by atoms with Crippen molar-refractivity contribution in [2.75, 3.05) is 25.2 Å². The smallest absolute Gasteiger partial charge is 0.153 e. The molecule has 0 spiro atoms. The fourth-order valence-corrected chi connectivity index (χ4v) is 1.67. The largest absolute Gasteiger partial charge is 0.493 e. The molecule has 1 aliphatic heterocycles. The van der Waals surface area contributed by atoms with E-state index in [1.807, 2.05) is 25.4 Å². The van der Waals surface area contributed by atoms with Gasteiger partial charge in [0.25, 0.3) is 0 Å². The molecule has 0 aliphatic carbocycles. The van der Waals surface area contributed by atoms with E-state index in [9.17, 15) is 0 Å². The Hall–Kier alpha value is -1.27. The van der Waals surface area contributed by atoms with Gasteiger partial charge >= 0.3 is 0 Å². The van der Waals surface area contributed by atoms with E-state index in [0.29, 0.717) is 4.32 Å². The maximum Gasteiger partial charge on any atom is 0.153 e. The number of rotatable bonds is 2. The van der Waals surface area contributed by atoms with Crippen LogP contribution in [0, 0.1) is 0 Å². The van der Waals surface area contributed by atoms with Crippen molar-refractivity contribution in [2.45, 2.75) is 6.42 Å². The number of nitrogens with zero attached hydrogens (tertiary/aromatic N) is 1. The first-order valence-electron chi connectivity index (χ1n) is 5.44. The predicted molar refractivity (Wildman–Crippen MR) is 84.0 cm³/mol. The highest BCUT2D eigenvalue weighted by molar-refractivity contribution is 8.22. The lowest BCUT2D eigenvalue weighted by atomic mass is 10.1. The van der Waals surface area contributed by atoms with E-state index in [0.717, 1.165) is 24.5 Å². The maximum absolute atomic E-state index is 5.37. The van der Waals surface area contributed by atoms with Crippen LogP contribution in [0.4, 0.5) is 5.69 Å². The van der Waals surface area contributed by atoms with Crippen LogP contribution in [0.5, 0.6) is 5.75 Å². The molecule has 0 amide bonds. The second-order valence-corrected chi connectivity index (χ2v) is 4.92. The van der Waals surface area contributed by atoms with Gasteiger partial charge < -0.3 is 10.1 Å². The van der Waals surface area contributed by atoms with Crippen LogP contribution in [0.3, 0.4) is 0 Å². The molecular weight excluding hydrogens is 266 g/mol. The molecule has 98 valence electrons. The summed E-state index contributed by atoms with van der Waals surface area (Å²) in [4.78, 5) is 0. The van der Waals surface area contributed by atoms with E-state index in [4.69, 9.17) is 4.74 Å². The minimum absolute atomic E-state index is 0.648. The third-order valence-electron chi connectivity index (χ3n) is 2.33. The fraction of sp³-hybridized carbons (Fsp3) is 0.333. The molecule has 0 aromatic heterocycles. The van der Waals surface area contributed by atoms with E-state index >= 15 is 0 Å². The number of thioether (sulfide) groups is 1. The monoisotopic (exact) mass is 283 g/mol. The fourth-order valence-electron chi connectivity index (χ4n) is 1.45. The summed E-state index contributed by atoms with van der Waals surface area (Å²) in [6.07, 6.45) is 2.92. The second-order valence-electron chi connectivity index (χ2n) is 3.43. The van der Waals surface area contributed by atoms with Crippen LogP contribution in [-0.4, -0.2) is 30.9 Å². The molecular formula is C12H17N3OS2. The molecule has 1 heterocycles. The Labute approximate surface area is 117 Å². The van der Waals surface area contributed by atoms with Crippen LogP contribution in [0.2, 0.25) is 0 Å². The van der Waals surface area contributed by atoms with Crippen molar-refractivity contribution in [3.8, 4) is 5.75 Å². The third kappa shape index (κ3) is 4.54. The molecule has 2 rings (SSSR count). The molecule has 0 radical (unpaired) electrons. The average Bonchev–Trinajstić information content (AvgIpc) is 2.86. The van der Waals surface area contributed by atoms with Crippen LogP contribution in [0.15, 0.2) is 23.3 Å². The first kappa shape index (κ1) is 14.8. The van der Waals surface area contributed by atoms with E-state index in [1.165, 1.54) is 17.3 Å². The predicted octanol–water partition coefficient (Wildman–Crippen LogP) is 2.50. The summed E-state index contributed by atoms with van der Waals surface area (Å²) >= 11 is 6.11. The van der Waals surface area contributed by atoms with Gasteiger partial charge in [-0.15, -0.1) is 0 Å². The van der Waals surface area contributed by atoms with Crippen LogP contribution in [0.25, 0.3) is 0 Å². The van der Waals surface area contributed by atoms with Crippen molar-refractivity contribution in [3.05, 3.63) is 23.8 Å². The Balaban J connectivity index is 0.000000203. The lowest BCUT2D eigenvalue weighted by Gasteiger charge is -2.01. The number of hydrogen-bond acceptors (Lipinski definition) is 5. The summed E-state index contributed by atoms with van der Waals surface area (Å²) < 4.78 is 6.02. The normalized spacial score (nSPS) is 11.4. The van der Waals surface area contributed by atoms with E-state index < -0.39 is 0 Å². The van der Waals surface area contributed by atoms with Crippen molar-refractivity contribution in [1.29, 1.82) is 0 Å². The van der Waals surface area contributed by atoms with Gasteiger partial charge in [0, 0.05) is 25.9 Å². The second kappa shape index (κ2) is 7.94. The Bertz CT molecular complexity index is 424. The van der Waals surface area contributed by atoms with Crippen molar-refractivity contribution in [2.24, 2.45) is 5.10 Å². The standard InChI is InChI=1S/C9H11NO.C3H6N2S2/c1-10-8-2-3-9-7(6-8)4-5-11-9;1-4-5-3(6)7-2/h2-3,6,10H,4-5H2,1H3;1H2,2H3,(H,5,6). The summed E-state index contributed by atoms with van der Waals surface area (Å²) in [5.41, 5.74) is 4.98. The molecule has 1 aromatic carbocycles. The van der Waals surface area contributed by atoms with Gasteiger partial charge in [-0.05, 0) is 30.0 Å². The average molecular weight is 283 g/mol. The molecule has 0 atom stereocenters. The molecule has 6 heteroatoms. The number of thiocarbonyl (C=S) groups is 1. The zero-order valence-corrected chi connectivity index (χ0v) is 12.2. The number of nitrogens with one attached hydrogen (secondary N) is 2. The number of ether oxygens (including phenoxy) is 1. The molecule has 1 aromatic rings. The number of fused-ring (bicyclic) bond motifs is 1. The van der Waals surface area contributed by atoms with Gasteiger partial charge in [0.2, 0.25) is 0 Å². The van der Waals surface area contributed by atoms with Crippen LogP contribution >= 0.6 is 24.0 Å². The minimum Gasteiger partial charge on any atom is -0.493 e. The quantitative estimate of drug-likeness (QED) is 0.496. The summed E-state index contributed by atoms with van der Waals surface area (Å²) in [5.74, 6) is 1.05. The van der Waals surface area contributed by atoms with Crippen molar-refractivity contribution >= 4 is 40.7 Å². The number of anilines is 1. The Morgan fingerprint density at radius 1 is 1.56 bits per heavy atom. The van der Waals surface area contributed by atoms with E-state index in [1.54, 1.807) is 0 Å². The van der Waals surface area contributed by atoms with Gasteiger partial charge in [-0.1, -0.05) is 24.0 Å². The number of hydrogen-bond donors (Lipinski definition) is 2. The third-order valence-corrected chi connectivity index (χ3v) is 3.39. The highest BCUT2D eigenvalue weighted by Crippen LogP contribution is 2.27. The van der Waals surface area contributed by atoms with Crippen LogP contribution < -0.4 is 15.5 Å². The lowest BCUT2D eigenvalue weighted by molar-refractivity contribution is 0.357. The van der Waals surface area contributed by atoms with E-state index in [-0.39, 0.29) is 0 Å². The van der Waals surface area contributed by atoms with Crippen molar-refractivity contribution in [1.82, 2.24) is 5.43 Å². The molecule has 18 heavy (non-hydrogen) atoms. The molecule has 0 unspecified atom stereocenters. The first-order valence-corrected chi connectivity index (χ1v) is 7.07. The first-order chi connectivity index (χ1) is 8.71. The zero-order valence-electron chi connectivity index (χ0n) is 10.5. The molecule has 0 saturated carbocycles. The molecule has 0 saturated heterocycles. The van der Waals surface area contributed by atoms with Gasteiger partial charge in [0.15, 0.2) is 4.32 Å². The Morgan fingerprint density at radius 3 is 2.89 bits per heavy atom. The maximum atomic E-state index is 5.37. The molecule has 2 N–H and O–H groups in total. The lowest BCUT2D eigenvalue weighted by Crippen LogP contribution is -2.08. The Kier molecular flexibility index (Phi) is 6.53. The van der Waals surface area contributed by atoms with Gasteiger partial charge in [-0.25, -0.2) is 0 Å². The molecule has 0 bridgehead atoms. The summed E-state index contributed by atoms with van der Waals surface area (Å²) in [7, 11) is 1.93. The van der Waals surface area contributed by atoms with Crippen LogP contribution in [0.1, 0.15) is 5.56 Å². The highest BCUT2D eigenvalue weighted by atomic mass is 32.2. The van der Waals surface area contributed by atoms with Gasteiger partial charge in [-0.3, -0.25) is 5.43 Å². The molecule has 1 aliphatic rings. The summed E-state index contributed by atoms with van der Waals surface area (Å²) in [5, 5.41) is 6.45. The number of benzene rings is 1. The Morgan fingerprint density at radius 2 is 2.33 bits per heavy atom. The SMILES string of the molecule is C=NNC(=S)SC.CNc1ccc2c(c1)CCO2. The topological polar surface area (TPSA) is 45.7 Å². The van der Waals surface area contributed by atoms with Crippen molar-refractivity contribution < 1.29 is 4.74 Å². The van der Waals surface area contributed by atoms with E-state index in [2.05, 4.69) is 40.8 Å².